The zero-order valence-corrected chi connectivity index (χ0v) is 16.9. The van der Waals surface area contributed by atoms with E-state index in [1.165, 1.54) is 32.6 Å². The zero-order valence-electron chi connectivity index (χ0n) is 16.9. The van der Waals surface area contributed by atoms with Crippen LogP contribution in [0.3, 0.4) is 0 Å². The molecule has 5 rings (SSSR count). The van der Waals surface area contributed by atoms with Crippen LogP contribution >= 0.6 is 0 Å². The molecular weight excluding hydrogens is 389 g/mol. The number of carbonyl (C=O) groups excluding carboxylic acids is 1. The summed E-state index contributed by atoms with van der Waals surface area (Å²) in [4.78, 5) is 20.9. The molecule has 0 aliphatic heterocycles. The van der Waals surface area contributed by atoms with Gasteiger partial charge in [-0.05, 0) is 0 Å². The molecule has 1 aliphatic rings. The van der Waals surface area contributed by atoms with Crippen molar-refractivity contribution in [2.75, 3.05) is 31.4 Å². The van der Waals surface area contributed by atoms with Gasteiger partial charge in [-0.25, -0.2) is 9.37 Å². The van der Waals surface area contributed by atoms with E-state index < -0.39 is 5.82 Å². The molecule has 3 aromatic heterocycles. The predicted molar refractivity (Wildman–Crippen MR) is 112 cm³/mol. The smallest absolute Gasteiger partial charge is 0.212 e. The number of aromatic amines is 1. The predicted octanol–water partition coefficient (Wildman–Crippen LogP) is 3.22. The lowest BCUT2D eigenvalue weighted by molar-refractivity contribution is -0.105. The third-order valence-electron chi connectivity index (χ3n) is 4.59. The molecule has 4 aromatic rings. The Kier molecular flexibility index (Phi) is 5.21. The fraction of sp³-hybridized carbons (Fsp3) is 0.300. The van der Waals surface area contributed by atoms with Gasteiger partial charge in [-0.3, -0.25) is 14.9 Å². The molecule has 30 heavy (non-hydrogen) atoms. The molecule has 0 spiro atoms. The van der Waals surface area contributed by atoms with E-state index in [0.29, 0.717) is 45.7 Å². The first kappa shape index (κ1) is 19.6. The number of amides is 1. The highest BCUT2D eigenvalue weighted by molar-refractivity contribution is 6.03. The summed E-state index contributed by atoms with van der Waals surface area (Å²) in [6, 6.07) is 0. The number of carbonyl (C=O) groups is 1. The SMILES string of the molecule is C1CC1.COc1c(F)c(N(C)C)c2[nH]ncc2c1-c1cn2cc(NC=O)nc2cn1. The number of fused-ring (bicyclic) bond motifs is 2. The van der Waals surface area contributed by atoms with Crippen molar-refractivity contribution in [3.63, 3.8) is 0 Å². The summed E-state index contributed by atoms with van der Waals surface area (Å²) in [5.74, 6) is -0.0468. The van der Waals surface area contributed by atoms with Gasteiger partial charge in [0, 0.05) is 25.7 Å². The summed E-state index contributed by atoms with van der Waals surface area (Å²) in [6.45, 7) is 0. The summed E-state index contributed by atoms with van der Waals surface area (Å²) in [6.07, 6.45) is 11.5. The number of ether oxygens (including phenoxy) is 1. The van der Waals surface area contributed by atoms with Crippen LogP contribution in [-0.2, 0) is 4.79 Å². The number of nitrogens with zero attached hydrogens (tertiary/aromatic N) is 5. The fourth-order valence-corrected chi connectivity index (χ4v) is 3.13. The largest absolute Gasteiger partial charge is 0.493 e. The van der Waals surface area contributed by atoms with Crippen molar-refractivity contribution in [2.45, 2.75) is 19.3 Å². The molecule has 2 N–H and O–H groups in total. The standard InChI is InChI=1S/C17H16FN7O2.C3H6/c1-24(2)16-14(18)17(27-3)13(9-4-21-23-15(9)16)10-6-25-7-11(20-8-26)22-12(25)5-19-10;1-2-3-1/h4-8H,1-3H3,(H,20,26)(H,21,23);1-3H2. The molecule has 0 atom stereocenters. The van der Waals surface area contributed by atoms with Gasteiger partial charge in [0.05, 0.1) is 42.5 Å². The van der Waals surface area contributed by atoms with Gasteiger partial charge in [0.15, 0.2) is 23.0 Å². The van der Waals surface area contributed by atoms with E-state index in [1.54, 1.807) is 42.0 Å². The first-order valence-electron chi connectivity index (χ1n) is 9.50. The van der Waals surface area contributed by atoms with E-state index in [1.807, 2.05) is 0 Å². The number of rotatable bonds is 5. The van der Waals surface area contributed by atoms with Crippen LogP contribution in [0.5, 0.6) is 5.75 Å². The number of imidazole rings is 1. The Morgan fingerprint density at radius 3 is 2.67 bits per heavy atom. The molecule has 3 heterocycles. The minimum absolute atomic E-state index is 0.0748. The molecule has 1 amide bonds. The molecule has 156 valence electrons. The van der Waals surface area contributed by atoms with Crippen LogP contribution in [-0.4, -0.2) is 52.2 Å². The topological polar surface area (TPSA) is 100 Å². The molecule has 1 saturated carbocycles. The lowest BCUT2D eigenvalue weighted by Crippen LogP contribution is -2.13. The number of hydrogen-bond acceptors (Lipinski definition) is 6. The monoisotopic (exact) mass is 411 g/mol. The third-order valence-corrected chi connectivity index (χ3v) is 4.59. The Morgan fingerprint density at radius 2 is 2.03 bits per heavy atom. The second-order valence-corrected chi connectivity index (χ2v) is 7.11. The van der Waals surface area contributed by atoms with Crippen LogP contribution in [0.25, 0.3) is 27.8 Å². The van der Waals surface area contributed by atoms with E-state index in [-0.39, 0.29) is 5.75 Å². The van der Waals surface area contributed by atoms with Crippen molar-refractivity contribution < 1.29 is 13.9 Å². The van der Waals surface area contributed by atoms with Crippen molar-refractivity contribution in [1.82, 2.24) is 24.6 Å². The average Bonchev–Trinajstić information content (AvgIpc) is 3.44. The number of aromatic nitrogens is 5. The third kappa shape index (κ3) is 3.51. The maximum Gasteiger partial charge on any atom is 0.212 e. The highest BCUT2D eigenvalue weighted by atomic mass is 19.1. The molecule has 0 bridgehead atoms. The average molecular weight is 411 g/mol. The van der Waals surface area contributed by atoms with Gasteiger partial charge in [-0.15, -0.1) is 0 Å². The van der Waals surface area contributed by atoms with Gasteiger partial charge in [0.2, 0.25) is 6.41 Å². The molecule has 0 saturated heterocycles. The van der Waals surface area contributed by atoms with Gasteiger partial charge in [0.25, 0.3) is 0 Å². The minimum atomic E-state index is -0.509. The molecule has 0 radical (unpaired) electrons. The summed E-state index contributed by atoms with van der Waals surface area (Å²) < 4.78 is 22.3. The summed E-state index contributed by atoms with van der Waals surface area (Å²) >= 11 is 0. The van der Waals surface area contributed by atoms with Gasteiger partial charge in [-0.1, -0.05) is 19.3 Å². The van der Waals surface area contributed by atoms with Crippen molar-refractivity contribution in [3.8, 4) is 17.0 Å². The molecule has 1 aromatic carbocycles. The number of anilines is 2. The molecule has 9 nitrogen and oxygen atoms in total. The number of hydrogen-bond donors (Lipinski definition) is 2. The van der Waals surface area contributed by atoms with Crippen molar-refractivity contribution in [2.24, 2.45) is 0 Å². The summed E-state index contributed by atoms with van der Waals surface area (Å²) in [5.41, 5.74) is 2.39. The molecular formula is C20H22FN7O2. The summed E-state index contributed by atoms with van der Waals surface area (Å²) in [7, 11) is 4.90. The number of nitrogens with one attached hydrogen (secondary N) is 2. The normalized spacial score (nSPS) is 12.4. The van der Waals surface area contributed by atoms with E-state index >= 15 is 4.39 Å². The number of H-pyrrole nitrogens is 1. The van der Waals surface area contributed by atoms with Crippen LogP contribution in [0.2, 0.25) is 0 Å². The van der Waals surface area contributed by atoms with Crippen LogP contribution in [0.1, 0.15) is 19.3 Å². The van der Waals surface area contributed by atoms with Crippen molar-refractivity contribution in [1.29, 1.82) is 0 Å². The Morgan fingerprint density at radius 1 is 1.27 bits per heavy atom. The van der Waals surface area contributed by atoms with Gasteiger partial charge in [0.1, 0.15) is 5.69 Å². The summed E-state index contributed by atoms with van der Waals surface area (Å²) in [5, 5.41) is 10.1. The maximum atomic E-state index is 15.2. The zero-order chi connectivity index (χ0) is 21.3. The van der Waals surface area contributed by atoms with Crippen LogP contribution in [0.4, 0.5) is 15.9 Å². The van der Waals surface area contributed by atoms with Gasteiger partial charge < -0.3 is 19.4 Å². The fourth-order valence-electron chi connectivity index (χ4n) is 3.13. The maximum absolute atomic E-state index is 15.2. The number of methoxy groups -OCH3 is 1. The van der Waals surface area contributed by atoms with Crippen LogP contribution < -0.4 is 15.0 Å². The first-order valence-corrected chi connectivity index (χ1v) is 9.50. The Labute approximate surface area is 171 Å². The molecule has 1 fully saturated rings. The van der Waals surface area contributed by atoms with Gasteiger partial charge >= 0.3 is 0 Å². The molecule has 1 aliphatic carbocycles. The lowest BCUT2D eigenvalue weighted by Gasteiger charge is -2.19. The van der Waals surface area contributed by atoms with E-state index in [9.17, 15) is 4.79 Å². The van der Waals surface area contributed by atoms with E-state index in [0.717, 1.165) is 0 Å². The Hall–Kier alpha value is -3.69. The Balaban J connectivity index is 0.000000667. The second kappa shape index (κ2) is 7.97. The lowest BCUT2D eigenvalue weighted by atomic mass is 10.0. The quantitative estimate of drug-likeness (QED) is 0.489. The first-order chi connectivity index (χ1) is 14.5. The number of halogens is 1. The minimum Gasteiger partial charge on any atom is -0.493 e. The van der Waals surface area contributed by atoms with Gasteiger partial charge in [-0.2, -0.15) is 5.10 Å². The highest BCUT2D eigenvalue weighted by Gasteiger charge is 2.25. The Bertz CT molecular complexity index is 1210. The van der Waals surface area contributed by atoms with Crippen LogP contribution in [0.15, 0.2) is 24.8 Å². The second-order valence-electron chi connectivity index (χ2n) is 7.11. The molecule has 10 heteroatoms. The van der Waals surface area contributed by atoms with Crippen molar-refractivity contribution in [3.05, 3.63) is 30.6 Å². The van der Waals surface area contributed by atoms with E-state index in [2.05, 4.69) is 25.5 Å². The van der Waals surface area contributed by atoms with E-state index in [4.69, 9.17) is 4.74 Å². The highest BCUT2D eigenvalue weighted by Crippen LogP contribution is 2.43. The van der Waals surface area contributed by atoms with Crippen molar-refractivity contribution >= 4 is 34.5 Å². The number of benzene rings is 1. The molecule has 0 unspecified atom stereocenters. The van der Waals surface area contributed by atoms with Crippen LogP contribution in [0, 0.1) is 5.82 Å².